The summed E-state index contributed by atoms with van der Waals surface area (Å²) in [6.07, 6.45) is 8.64. The molecule has 3 nitrogen and oxygen atoms in total. The molecule has 0 aromatic rings. The smallest absolute Gasteiger partial charge is 0.0309 e. The molecular formula is C17H31N3. The summed E-state index contributed by atoms with van der Waals surface area (Å²) in [5.74, 6) is 0.948. The maximum atomic E-state index is 3.87. The Bertz CT molecular complexity index is 367. The van der Waals surface area contributed by atoms with Crippen molar-refractivity contribution in [2.75, 3.05) is 26.2 Å². The zero-order valence-corrected chi connectivity index (χ0v) is 13.3. The molecule has 1 N–H and O–H groups in total. The highest BCUT2D eigenvalue weighted by molar-refractivity contribution is 5.05. The van der Waals surface area contributed by atoms with Gasteiger partial charge in [0.05, 0.1) is 0 Å². The summed E-state index contributed by atoms with van der Waals surface area (Å²) in [4.78, 5) is 5.63. The third kappa shape index (κ3) is 2.32. The molecule has 3 aliphatic heterocycles. The van der Waals surface area contributed by atoms with Gasteiger partial charge in [0.15, 0.2) is 0 Å². The van der Waals surface area contributed by atoms with E-state index in [1.165, 1.54) is 64.7 Å². The molecule has 0 radical (unpaired) electrons. The van der Waals surface area contributed by atoms with Crippen LogP contribution < -0.4 is 5.32 Å². The number of nitrogens with one attached hydrogen (secondary N) is 1. The van der Waals surface area contributed by atoms with Crippen molar-refractivity contribution in [2.45, 2.75) is 76.0 Å². The zero-order valence-electron chi connectivity index (χ0n) is 13.3. The summed E-state index contributed by atoms with van der Waals surface area (Å²) in [5, 5.41) is 3.87. The second-order valence-corrected chi connectivity index (χ2v) is 8.10. The molecule has 4 fully saturated rings. The fourth-order valence-corrected chi connectivity index (χ4v) is 5.08. The molecule has 114 valence electrons. The normalized spacial score (nSPS) is 47.4. The Balaban J connectivity index is 1.45. The zero-order chi connectivity index (χ0) is 13.7. The van der Waals surface area contributed by atoms with Gasteiger partial charge in [0.25, 0.3) is 0 Å². The average molecular weight is 277 g/mol. The number of nitrogens with zero attached hydrogens (tertiary/aromatic N) is 2. The molecule has 0 aromatic heterocycles. The quantitative estimate of drug-likeness (QED) is 0.834. The van der Waals surface area contributed by atoms with Crippen LogP contribution in [0.5, 0.6) is 0 Å². The van der Waals surface area contributed by atoms with E-state index in [-0.39, 0.29) is 0 Å². The lowest BCUT2D eigenvalue weighted by atomic mass is 9.87. The third-order valence-corrected chi connectivity index (χ3v) is 6.62. The van der Waals surface area contributed by atoms with Gasteiger partial charge in [-0.2, -0.15) is 0 Å². The van der Waals surface area contributed by atoms with Crippen molar-refractivity contribution in [1.29, 1.82) is 0 Å². The predicted octanol–water partition coefficient (Wildman–Crippen LogP) is 2.08. The van der Waals surface area contributed by atoms with E-state index in [0.29, 0.717) is 5.54 Å². The molecule has 4 unspecified atom stereocenters. The molecule has 1 aliphatic carbocycles. The third-order valence-electron chi connectivity index (χ3n) is 6.62. The van der Waals surface area contributed by atoms with Gasteiger partial charge in [0.1, 0.15) is 0 Å². The van der Waals surface area contributed by atoms with Crippen molar-refractivity contribution in [3.05, 3.63) is 0 Å². The molecule has 0 spiro atoms. The average Bonchev–Trinajstić information content (AvgIpc) is 3.21. The van der Waals surface area contributed by atoms with Gasteiger partial charge < -0.3 is 10.2 Å². The van der Waals surface area contributed by atoms with Gasteiger partial charge >= 0.3 is 0 Å². The van der Waals surface area contributed by atoms with Crippen LogP contribution in [0.15, 0.2) is 0 Å². The lowest BCUT2D eigenvalue weighted by Crippen LogP contribution is -2.66. The highest BCUT2D eigenvalue weighted by Crippen LogP contribution is 2.42. The standard InChI is InChI=1S/C17H31N3/c1-13-11-18-17(2,14-5-6-14)12-20(13)16-7-9-19-8-3-4-15(19)10-16/h13-16,18H,3-12H2,1-2H3. The number of rotatable bonds is 2. The SMILES string of the molecule is CC1CNC(C)(C2CC2)CN1C1CCN2CCCC2C1. The van der Waals surface area contributed by atoms with Gasteiger partial charge in [-0.05, 0) is 71.4 Å². The van der Waals surface area contributed by atoms with Crippen LogP contribution in [0.1, 0.15) is 52.4 Å². The fourth-order valence-electron chi connectivity index (χ4n) is 5.08. The van der Waals surface area contributed by atoms with Crippen molar-refractivity contribution < 1.29 is 0 Å². The molecular weight excluding hydrogens is 246 g/mol. The minimum Gasteiger partial charge on any atom is -0.308 e. The lowest BCUT2D eigenvalue weighted by molar-refractivity contribution is 0.00963. The summed E-state index contributed by atoms with van der Waals surface area (Å²) in [6.45, 7) is 10.1. The highest BCUT2D eigenvalue weighted by atomic mass is 15.3. The Morgan fingerprint density at radius 2 is 1.90 bits per heavy atom. The lowest BCUT2D eigenvalue weighted by Gasteiger charge is -2.51. The van der Waals surface area contributed by atoms with Gasteiger partial charge in [-0.25, -0.2) is 0 Å². The maximum Gasteiger partial charge on any atom is 0.0309 e. The molecule has 4 aliphatic rings. The number of hydrogen-bond acceptors (Lipinski definition) is 3. The van der Waals surface area contributed by atoms with E-state index in [1.54, 1.807) is 0 Å². The van der Waals surface area contributed by atoms with Gasteiger partial charge in [-0.15, -0.1) is 0 Å². The van der Waals surface area contributed by atoms with Gasteiger partial charge in [-0.3, -0.25) is 4.90 Å². The van der Waals surface area contributed by atoms with Crippen LogP contribution in [0.2, 0.25) is 0 Å². The Morgan fingerprint density at radius 3 is 2.70 bits per heavy atom. The highest BCUT2D eigenvalue weighted by Gasteiger charge is 2.47. The van der Waals surface area contributed by atoms with Crippen LogP contribution >= 0.6 is 0 Å². The van der Waals surface area contributed by atoms with Crippen LogP contribution in [-0.4, -0.2) is 59.6 Å². The number of piperidine rings is 1. The van der Waals surface area contributed by atoms with E-state index in [1.807, 2.05) is 0 Å². The van der Waals surface area contributed by atoms with E-state index in [2.05, 4.69) is 29.0 Å². The molecule has 1 saturated carbocycles. The van der Waals surface area contributed by atoms with Crippen molar-refractivity contribution in [3.8, 4) is 0 Å². The second kappa shape index (κ2) is 4.96. The molecule has 3 heterocycles. The first-order chi connectivity index (χ1) is 9.66. The first kappa shape index (κ1) is 13.5. The first-order valence-electron chi connectivity index (χ1n) is 8.90. The Labute approximate surface area is 124 Å². The van der Waals surface area contributed by atoms with Crippen LogP contribution in [0, 0.1) is 5.92 Å². The molecule has 4 rings (SSSR count). The summed E-state index contributed by atoms with van der Waals surface area (Å²) in [5.41, 5.74) is 0.402. The maximum absolute atomic E-state index is 3.87. The van der Waals surface area contributed by atoms with Crippen molar-refractivity contribution in [1.82, 2.24) is 15.1 Å². The Morgan fingerprint density at radius 1 is 1.05 bits per heavy atom. The molecule has 20 heavy (non-hydrogen) atoms. The fraction of sp³-hybridized carbons (Fsp3) is 1.00. The Hall–Kier alpha value is -0.120. The van der Waals surface area contributed by atoms with Crippen LogP contribution in [0.4, 0.5) is 0 Å². The predicted molar refractivity (Wildman–Crippen MR) is 82.9 cm³/mol. The van der Waals surface area contributed by atoms with Crippen LogP contribution in [0.3, 0.4) is 0 Å². The largest absolute Gasteiger partial charge is 0.308 e. The van der Waals surface area contributed by atoms with E-state index in [9.17, 15) is 0 Å². The topological polar surface area (TPSA) is 18.5 Å². The van der Waals surface area contributed by atoms with E-state index < -0.39 is 0 Å². The summed E-state index contributed by atoms with van der Waals surface area (Å²) < 4.78 is 0. The van der Waals surface area contributed by atoms with Crippen LogP contribution in [0.25, 0.3) is 0 Å². The molecule has 3 heteroatoms. The van der Waals surface area contributed by atoms with E-state index >= 15 is 0 Å². The van der Waals surface area contributed by atoms with Crippen LogP contribution in [-0.2, 0) is 0 Å². The van der Waals surface area contributed by atoms with Gasteiger partial charge in [0, 0.05) is 36.8 Å². The van der Waals surface area contributed by atoms with Crippen molar-refractivity contribution >= 4 is 0 Å². The van der Waals surface area contributed by atoms with Crippen molar-refractivity contribution in [3.63, 3.8) is 0 Å². The summed E-state index contributed by atoms with van der Waals surface area (Å²) in [6, 6.07) is 2.48. The Kier molecular flexibility index (Phi) is 3.36. The van der Waals surface area contributed by atoms with E-state index in [0.717, 1.165) is 24.0 Å². The second-order valence-electron chi connectivity index (χ2n) is 8.10. The number of piperazine rings is 1. The first-order valence-corrected chi connectivity index (χ1v) is 8.90. The molecule has 0 amide bonds. The minimum absolute atomic E-state index is 0.402. The monoisotopic (exact) mass is 277 g/mol. The van der Waals surface area contributed by atoms with Gasteiger partial charge in [0.2, 0.25) is 0 Å². The van der Waals surface area contributed by atoms with Gasteiger partial charge in [-0.1, -0.05) is 0 Å². The number of hydrogen-bond donors (Lipinski definition) is 1. The van der Waals surface area contributed by atoms with Crippen molar-refractivity contribution in [2.24, 2.45) is 5.92 Å². The molecule has 0 aromatic carbocycles. The molecule has 4 atom stereocenters. The van der Waals surface area contributed by atoms with E-state index in [4.69, 9.17) is 0 Å². The summed E-state index contributed by atoms with van der Waals surface area (Å²) in [7, 11) is 0. The summed E-state index contributed by atoms with van der Waals surface area (Å²) >= 11 is 0. The molecule has 3 saturated heterocycles. The molecule has 0 bridgehead atoms. The number of fused-ring (bicyclic) bond motifs is 1. The minimum atomic E-state index is 0.402.